The Hall–Kier alpha value is -3.11. The number of rotatable bonds is 10. The molecule has 0 heterocycles. The van der Waals surface area contributed by atoms with Crippen LogP contribution in [0.1, 0.15) is 11.1 Å². The minimum absolute atomic E-state index is 0.00109. The first kappa shape index (κ1) is 26.5. The Bertz CT molecular complexity index is 1320. The minimum Gasteiger partial charge on any atom is -0.504 e. The van der Waals surface area contributed by atoms with Gasteiger partial charge in [-0.1, -0.05) is 53.5 Å². The third-order valence-corrected chi connectivity index (χ3v) is 7.49. The Kier molecular flexibility index (Phi) is 9.11. The Morgan fingerprint density at radius 2 is 1.86 bits per heavy atom. The van der Waals surface area contributed by atoms with Crippen LogP contribution in [0.25, 0.3) is 0 Å². The number of phenols is 1. The van der Waals surface area contributed by atoms with Gasteiger partial charge in [-0.15, -0.1) is 0 Å². The van der Waals surface area contributed by atoms with E-state index in [-0.39, 0.29) is 33.0 Å². The second-order valence-corrected chi connectivity index (χ2v) is 10.1. The first-order valence-electron chi connectivity index (χ1n) is 10.4. The minimum atomic E-state index is -4.15. The van der Waals surface area contributed by atoms with Crippen LogP contribution in [0.3, 0.4) is 0 Å². The van der Waals surface area contributed by atoms with Crippen LogP contribution in [-0.4, -0.2) is 50.2 Å². The van der Waals surface area contributed by atoms with Gasteiger partial charge in [-0.3, -0.25) is 4.79 Å². The van der Waals surface area contributed by atoms with E-state index in [2.05, 4.69) is 10.5 Å². The van der Waals surface area contributed by atoms with E-state index in [0.717, 1.165) is 9.87 Å². The number of phenolic OH excluding ortho intramolecular Hbond substituents is 1. The van der Waals surface area contributed by atoms with E-state index in [0.29, 0.717) is 12.0 Å². The Labute approximate surface area is 213 Å². The van der Waals surface area contributed by atoms with E-state index in [4.69, 9.17) is 27.9 Å². The first-order chi connectivity index (χ1) is 16.7. The summed E-state index contributed by atoms with van der Waals surface area (Å²) >= 11 is 12.1. The van der Waals surface area contributed by atoms with Crippen LogP contribution in [0.2, 0.25) is 10.0 Å². The Morgan fingerprint density at radius 1 is 1.11 bits per heavy atom. The van der Waals surface area contributed by atoms with Crippen LogP contribution in [0.4, 0.5) is 0 Å². The largest absolute Gasteiger partial charge is 0.504 e. The molecular formula is C24H23Cl2N3O5S. The molecule has 3 aromatic rings. The first-order valence-corrected chi connectivity index (χ1v) is 12.6. The summed E-state index contributed by atoms with van der Waals surface area (Å²) in [5.41, 5.74) is 3.79. The fourth-order valence-corrected chi connectivity index (χ4v) is 5.28. The van der Waals surface area contributed by atoms with Crippen LogP contribution in [0, 0.1) is 0 Å². The number of benzene rings is 3. The van der Waals surface area contributed by atoms with Gasteiger partial charge in [0.25, 0.3) is 5.91 Å². The van der Waals surface area contributed by atoms with E-state index < -0.39 is 22.5 Å². The molecule has 184 valence electrons. The molecule has 3 rings (SSSR count). The molecule has 2 N–H and O–H groups in total. The van der Waals surface area contributed by atoms with Gasteiger partial charge in [0.05, 0.1) is 24.9 Å². The van der Waals surface area contributed by atoms with Crippen molar-refractivity contribution in [1.82, 2.24) is 9.73 Å². The summed E-state index contributed by atoms with van der Waals surface area (Å²) in [6.07, 6.45) is 1.72. The monoisotopic (exact) mass is 535 g/mol. The van der Waals surface area contributed by atoms with Crippen LogP contribution in [0.5, 0.6) is 11.5 Å². The maximum Gasteiger partial charge on any atom is 0.255 e. The number of nitrogens with one attached hydrogen (secondary N) is 1. The van der Waals surface area contributed by atoms with E-state index in [1.165, 1.54) is 43.7 Å². The molecular weight excluding hydrogens is 513 g/mol. The number of amides is 1. The van der Waals surface area contributed by atoms with E-state index in [1.54, 1.807) is 6.07 Å². The van der Waals surface area contributed by atoms with E-state index in [9.17, 15) is 18.3 Å². The van der Waals surface area contributed by atoms with Crippen molar-refractivity contribution >= 4 is 45.3 Å². The quantitative estimate of drug-likeness (QED) is 0.300. The molecule has 0 bridgehead atoms. The molecule has 3 aromatic carbocycles. The molecule has 35 heavy (non-hydrogen) atoms. The van der Waals surface area contributed by atoms with Crippen molar-refractivity contribution in [2.75, 3.05) is 20.2 Å². The average Bonchev–Trinajstić information content (AvgIpc) is 2.84. The van der Waals surface area contributed by atoms with Gasteiger partial charge in [-0.05, 0) is 53.9 Å². The van der Waals surface area contributed by atoms with Gasteiger partial charge in [0.15, 0.2) is 11.5 Å². The van der Waals surface area contributed by atoms with Gasteiger partial charge in [0.2, 0.25) is 10.0 Å². The fourth-order valence-electron chi connectivity index (χ4n) is 3.15. The van der Waals surface area contributed by atoms with Crippen LogP contribution < -0.4 is 10.2 Å². The molecule has 0 saturated carbocycles. The number of sulfonamides is 1. The standard InChI is InChI=1S/C24H23Cl2N3O5S/c1-34-22-13-18(7-10-21(22)30)15-27-28-24(31)16-29(12-11-17-5-3-2-4-6-17)35(32,33)23-14-19(25)8-9-20(23)26/h2-10,13-15,30H,11-12,16H2,1H3,(H,28,31)/b27-15-. The van der Waals surface area contributed by atoms with E-state index >= 15 is 0 Å². The van der Waals surface area contributed by atoms with E-state index in [1.807, 2.05) is 30.3 Å². The number of aromatic hydroxyl groups is 1. The SMILES string of the molecule is COc1cc(/C=N\NC(=O)CN(CCc2ccccc2)S(=O)(=O)c2cc(Cl)ccc2Cl)ccc1O. The summed E-state index contributed by atoms with van der Waals surface area (Å²) in [6.45, 7) is -0.463. The van der Waals surface area contributed by atoms with Crippen molar-refractivity contribution in [3.05, 3.63) is 87.9 Å². The molecule has 0 fully saturated rings. The third-order valence-electron chi connectivity index (χ3n) is 4.93. The molecule has 0 unspecified atom stereocenters. The number of hydrazone groups is 1. The van der Waals surface area contributed by atoms with Crippen molar-refractivity contribution < 1.29 is 23.1 Å². The zero-order chi connectivity index (χ0) is 25.4. The van der Waals surface area contributed by atoms with Crippen LogP contribution >= 0.6 is 23.2 Å². The fraction of sp³-hybridized carbons (Fsp3) is 0.167. The van der Waals surface area contributed by atoms with Crippen LogP contribution in [-0.2, 0) is 21.2 Å². The maximum atomic E-state index is 13.4. The second kappa shape index (κ2) is 12.0. The summed E-state index contributed by atoms with van der Waals surface area (Å²) < 4.78 is 32.8. The Balaban J connectivity index is 1.78. The van der Waals surface area contributed by atoms with Crippen molar-refractivity contribution in [2.24, 2.45) is 5.10 Å². The molecule has 0 aliphatic carbocycles. The van der Waals surface area contributed by atoms with Crippen molar-refractivity contribution in [1.29, 1.82) is 0 Å². The molecule has 0 aliphatic rings. The van der Waals surface area contributed by atoms with Gasteiger partial charge >= 0.3 is 0 Å². The van der Waals surface area contributed by atoms with Crippen molar-refractivity contribution in [2.45, 2.75) is 11.3 Å². The normalized spacial score (nSPS) is 11.7. The highest BCUT2D eigenvalue weighted by Crippen LogP contribution is 2.28. The summed E-state index contributed by atoms with van der Waals surface area (Å²) in [7, 11) is -2.74. The van der Waals surface area contributed by atoms with Gasteiger partial charge < -0.3 is 9.84 Å². The molecule has 8 nitrogen and oxygen atoms in total. The third kappa shape index (κ3) is 7.19. The lowest BCUT2D eigenvalue weighted by atomic mass is 10.1. The molecule has 0 spiro atoms. The van der Waals surface area contributed by atoms with Gasteiger partial charge in [-0.2, -0.15) is 9.41 Å². The molecule has 0 aliphatic heterocycles. The number of methoxy groups -OCH3 is 1. The number of hydrogen-bond acceptors (Lipinski definition) is 6. The highest BCUT2D eigenvalue weighted by Gasteiger charge is 2.28. The number of carbonyl (C=O) groups is 1. The average molecular weight is 536 g/mol. The number of hydrogen-bond donors (Lipinski definition) is 2. The summed E-state index contributed by atoms with van der Waals surface area (Å²) in [5.74, 6) is -0.439. The second-order valence-electron chi connectivity index (χ2n) is 7.37. The lowest BCUT2D eigenvalue weighted by Gasteiger charge is -2.22. The van der Waals surface area contributed by atoms with Gasteiger partial charge in [0.1, 0.15) is 4.90 Å². The molecule has 11 heteroatoms. The molecule has 0 radical (unpaired) electrons. The zero-order valence-electron chi connectivity index (χ0n) is 18.7. The number of ether oxygens (including phenoxy) is 1. The molecule has 0 saturated heterocycles. The molecule has 0 aromatic heterocycles. The summed E-state index contributed by atoms with van der Waals surface area (Å²) in [5, 5.41) is 13.7. The topological polar surface area (TPSA) is 108 Å². The Morgan fingerprint density at radius 3 is 2.57 bits per heavy atom. The zero-order valence-corrected chi connectivity index (χ0v) is 21.0. The number of nitrogens with zero attached hydrogens (tertiary/aromatic N) is 2. The molecule has 1 amide bonds. The van der Waals surface area contributed by atoms with Crippen molar-refractivity contribution in [3.8, 4) is 11.5 Å². The van der Waals surface area contributed by atoms with Gasteiger partial charge in [-0.25, -0.2) is 13.8 Å². The predicted octanol–water partition coefficient (Wildman–Crippen LogP) is 4.09. The summed E-state index contributed by atoms with van der Waals surface area (Å²) in [4.78, 5) is 12.4. The maximum absolute atomic E-state index is 13.4. The summed E-state index contributed by atoms with van der Waals surface area (Å²) in [6, 6.07) is 18.0. The van der Waals surface area contributed by atoms with Crippen molar-refractivity contribution in [3.63, 3.8) is 0 Å². The lowest BCUT2D eigenvalue weighted by molar-refractivity contribution is -0.121. The smallest absolute Gasteiger partial charge is 0.255 e. The number of carbonyl (C=O) groups excluding carboxylic acids is 1. The predicted molar refractivity (Wildman–Crippen MR) is 136 cm³/mol. The van der Waals surface area contributed by atoms with Gasteiger partial charge in [0, 0.05) is 11.6 Å². The highest BCUT2D eigenvalue weighted by atomic mass is 35.5. The molecule has 0 atom stereocenters. The number of halogens is 2. The lowest BCUT2D eigenvalue weighted by Crippen LogP contribution is -2.40. The highest BCUT2D eigenvalue weighted by molar-refractivity contribution is 7.89. The van der Waals surface area contributed by atoms with Crippen LogP contribution in [0.15, 0.2) is 76.7 Å².